The summed E-state index contributed by atoms with van der Waals surface area (Å²) in [5.74, 6) is 1.55. The number of aromatic nitrogens is 8. The van der Waals surface area contributed by atoms with Crippen molar-refractivity contribution < 1.29 is 18.9 Å². The molecule has 3 aromatic heterocycles. The molecule has 14 nitrogen and oxygen atoms in total. The molecule has 2 saturated heterocycles. The molecule has 49 heavy (non-hydrogen) atoms. The molecule has 1 N–H and O–H groups in total. The van der Waals surface area contributed by atoms with Gasteiger partial charge in [-0.15, -0.1) is 10.2 Å². The summed E-state index contributed by atoms with van der Waals surface area (Å²) >= 11 is 6.47. The van der Waals surface area contributed by atoms with Crippen molar-refractivity contribution in [2.75, 3.05) is 32.2 Å². The molecule has 15 heteroatoms. The zero-order valence-corrected chi connectivity index (χ0v) is 29.1. The highest BCUT2D eigenvalue weighted by atomic mass is 35.5. The van der Waals surface area contributed by atoms with Crippen LogP contribution in [-0.4, -0.2) is 102 Å². The number of rotatable bonds is 14. The third-order valence-corrected chi connectivity index (χ3v) is 10.3. The maximum atomic E-state index is 6.47. The monoisotopic (exact) mass is 692 g/mol. The van der Waals surface area contributed by atoms with Gasteiger partial charge in [0, 0.05) is 49.6 Å². The molecule has 0 amide bonds. The van der Waals surface area contributed by atoms with Crippen molar-refractivity contribution >= 4 is 23.2 Å². The molecule has 4 atom stereocenters. The molecule has 3 aliphatic rings. The molecule has 5 heterocycles. The topological polar surface area (TPSA) is 139 Å². The van der Waals surface area contributed by atoms with E-state index < -0.39 is 0 Å². The highest BCUT2D eigenvalue weighted by Gasteiger charge is 2.42. The van der Waals surface area contributed by atoms with Crippen LogP contribution in [0, 0.1) is 0 Å². The lowest BCUT2D eigenvalue weighted by molar-refractivity contribution is -0.0458. The minimum absolute atomic E-state index is 0.0909. The summed E-state index contributed by atoms with van der Waals surface area (Å²) in [4.78, 5) is 12.0. The lowest BCUT2D eigenvalue weighted by atomic mass is 9.89. The summed E-state index contributed by atoms with van der Waals surface area (Å²) in [6, 6.07) is 7.74. The standard InChI is InChI=1S/C34H45ClN10O4/c1-22(46-3)12-13-48-33-31(18-44(40-33)26-5-7-27(8-6-26)45-28-9-10-29(45)20-47-19-28)39-34-36-15-25(16-37-34)24-4-11-30(35)32(14-24)49-23(2)17-43-21-38-41-42-43/h4,11,14-16,18,21-23,26-29H,5-10,12-13,17,19-20H2,1-3H3,(H,36,37,39)/t22?,23-,26-,27-,28-,29+/m0/s1. The van der Waals surface area contributed by atoms with Gasteiger partial charge < -0.3 is 24.3 Å². The second-order valence-electron chi connectivity index (χ2n) is 13.4. The first-order chi connectivity index (χ1) is 23.9. The number of fused-ring (bicyclic) bond motifs is 2. The van der Waals surface area contributed by atoms with E-state index in [1.807, 2.05) is 38.2 Å². The molecule has 1 aliphatic carbocycles. The number of morpholine rings is 1. The van der Waals surface area contributed by atoms with Gasteiger partial charge in [0.15, 0.2) is 0 Å². The second-order valence-corrected chi connectivity index (χ2v) is 13.8. The fourth-order valence-corrected chi connectivity index (χ4v) is 7.45. The Morgan fingerprint density at radius 2 is 1.69 bits per heavy atom. The van der Waals surface area contributed by atoms with E-state index in [-0.39, 0.29) is 12.2 Å². The van der Waals surface area contributed by atoms with Crippen LogP contribution in [0.25, 0.3) is 11.1 Å². The number of nitrogens with zero attached hydrogens (tertiary/aromatic N) is 9. The largest absolute Gasteiger partial charge is 0.487 e. The van der Waals surface area contributed by atoms with Gasteiger partial charge in [-0.2, -0.15) is 0 Å². The molecule has 1 saturated carbocycles. The Kier molecular flexibility index (Phi) is 10.5. The summed E-state index contributed by atoms with van der Waals surface area (Å²) in [6.45, 7) is 6.71. The molecule has 2 aliphatic heterocycles. The molecule has 0 radical (unpaired) electrons. The lowest BCUT2D eigenvalue weighted by Gasteiger charge is -2.43. The SMILES string of the molecule is COC(C)CCOc1nn([C@H]2CC[C@H](N3[C@@H]4CC[C@H]3COC4)CC2)cc1Nc1ncc(-c2ccc(Cl)c(O[C@@H](C)Cn3cnnn3)c2)cn1. The van der Waals surface area contributed by atoms with Crippen molar-refractivity contribution in [3.63, 3.8) is 0 Å². The lowest BCUT2D eigenvalue weighted by Crippen LogP contribution is -2.52. The van der Waals surface area contributed by atoms with Crippen molar-refractivity contribution in [2.24, 2.45) is 0 Å². The van der Waals surface area contributed by atoms with Gasteiger partial charge in [0.25, 0.3) is 5.88 Å². The third-order valence-electron chi connectivity index (χ3n) is 9.95. The van der Waals surface area contributed by atoms with E-state index in [1.165, 1.54) is 25.7 Å². The predicted molar refractivity (Wildman–Crippen MR) is 183 cm³/mol. The number of nitrogens with one attached hydrogen (secondary N) is 1. The van der Waals surface area contributed by atoms with E-state index >= 15 is 0 Å². The van der Waals surface area contributed by atoms with E-state index in [4.69, 9.17) is 35.6 Å². The molecule has 1 aromatic carbocycles. The van der Waals surface area contributed by atoms with Gasteiger partial charge in [-0.25, -0.2) is 14.6 Å². The van der Waals surface area contributed by atoms with Crippen LogP contribution < -0.4 is 14.8 Å². The molecular formula is C34H45ClN10O4. The summed E-state index contributed by atoms with van der Waals surface area (Å²) in [5, 5.41) is 20.0. The van der Waals surface area contributed by atoms with E-state index in [0.29, 0.717) is 59.9 Å². The van der Waals surface area contributed by atoms with Gasteiger partial charge >= 0.3 is 0 Å². The first kappa shape index (κ1) is 33.6. The normalized spacial score (nSPS) is 23.7. The van der Waals surface area contributed by atoms with Crippen molar-refractivity contribution in [2.45, 2.75) is 102 Å². The molecule has 4 aromatic rings. The molecule has 0 spiro atoms. The molecule has 7 rings (SSSR count). The van der Waals surface area contributed by atoms with Gasteiger partial charge in [0.05, 0.1) is 49.7 Å². The number of hydrogen-bond acceptors (Lipinski definition) is 12. The number of halogens is 1. The molecule has 1 unspecified atom stereocenters. The number of methoxy groups -OCH3 is 1. The van der Waals surface area contributed by atoms with Crippen molar-refractivity contribution in [3.8, 4) is 22.8 Å². The van der Waals surface area contributed by atoms with Crippen LogP contribution in [0.3, 0.4) is 0 Å². The van der Waals surface area contributed by atoms with Gasteiger partial charge in [0.2, 0.25) is 5.95 Å². The highest BCUT2D eigenvalue weighted by Crippen LogP contribution is 2.39. The van der Waals surface area contributed by atoms with Crippen LogP contribution in [0.2, 0.25) is 5.02 Å². The minimum atomic E-state index is -0.205. The number of benzene rings is 1. The fourth-order valence-electron chi connectivity index (χ4n) is 7.29. The Morgan fingerprint density at radius 3 is 2.41 bits per heavy atom. The van der Waals surface area contributed by atoms with Crippen LogP contribution in [-0.2, 0) is 16.0 Å². The molecule has 2 bridgehead atoms. The van der Waals surface area contributed by atoms with Crippen LogP contribution in [0.5, 0.6) is 11.6 Å². The first-order valence-electron chi connectivity index (χ1n) is 17.3. The van der Waals surface area contributed by atoms with Crippen molar-refractivity contribution in [1.29, 1.82) is 0 Å². The molecule has 262 valence electrons. The average molecular weight is 693 g/mol. The van der Waals surface area contributed by atoms with Gasteiger partial charge in [-0.1, -0.05) is 17.7 Å². The fraction of sp³-hybridized carbons (Fsp3) is 0.588. The van der Waals surface area contributed by atoms with Crippen molar-refractivity contribution in [1.82, 2.24) is 44.9 Å². The average Bonchev–Trinajstić information content (AvgIpc) is 3.84. The highest BCUT2D eigenvalue weighted by molar-refractivity contribution is 6.32. The number of tetrazole rings is 1. The quantitative estimate of drug-likeness (QED) is 0.182. The van der Waals surface area contributed by atoms with Crippen LogP contribution in [0.1, 0.15) is 64.8 Å². The van der Waals surface area contributed by atoms with Crippen molar-refractivity contribution in [3.05, 3.63) is 48.1 Å². The van der Waals surface area contributed by atoms with Crippen LogP contribution >= 0.6 is 11.6 Å². The van der Waals surface area contributed by atoms with E-state index in [0.717, 1.165) is 49.3 Å². The summed E-state index contributed by atoms with van der Waals surface area (Å²) in [5.41, 5.74) is 2.45. The summed E-state index contributed by atoms with van der Waals surface area (Å²) in [7, 11) is 1.71. The Bertz CT molecular complexity index is 1630. The maximum absolute atomic E-state index is 6.47. The number of ether oxygens (including phenoxy) is 4. The number of anilines is 2. The van der Waals surface area contributed by atoms with E-state index in [2.05, 4.69) is 40.4 Å². The molecular weight excluding hydrogens is 648 g/mol. The predicted octanol–water partition coefficient (Wildman–Crippen LogP) is 5.34. The van der Waals surface area contributed by atoms with E-state index in [9.17, 15) is 0 Å². The Balaban J connectivity index is 1.02. The minimum Gasteiger partial charge on any atom is -0.487 e. The van der Waals surface area contributed by atoms with Gasteiger partial charge in [-0.05, 0) is 80.5 Å². The maximum Gasteiger partial charge on any atom is 0.256 e. The zero-order chi connectivity index (χ0) is 33.7. The van der Waals surface area contributed by atoms with Crippen LogP contribution in [0.15, 0.2) is 43.1 Å². The van der Waals surface area contributed by atoms with Gasteiger partial charge in [0.1, 0.15) is 23.9 Å². The Labute approximate surface area is 291 Å². The van der Waals surface area contributed by atoms with Gasteiger partial charge in [-0.3, -0.25) is 9.58 Å². The van der Waals surface area contributed by atoms with E-state index in [1.54, 1.807) is 30.5 Å². The Morgan fingerprint density at radius 1 is 0.959 bits per heavy atom. The third kappa shape index (κ3) is 7.98. The second kappa shape index (κ2) is 15.4. The number of hydrogen-bond donors (Lipinski definition) is 1. The molecule has 3 fully saturated rings. The zero-order valence-electron chi connectivity index (χ0n) is 28.3. The van der Waals surface area contributed by atoms with Crippen LogP contribution in [0.4, 0.5) is 11.6 Å². The summed E-state index contributed by atoms with van der Waals surface area (Å²) in [6.07, 6.45) is 14.8. The Hall–Kier alpha value is -3.85. The summed E-state index contributed by atoms with van der Waals surface area (Å²) < 4.78 is 27.3. The first-order valence-corrected chi connectivity index (χ1v) is 17.7. The smallest absolute Gasteiger partial charge is 0.256 e.